The van der Waals surface area contributed by atoms with Crippen LogP contribution in [-0.4, -0.2) is 30.6 Å². The van der Waals surface area contributed by atoms with Crippen molar-refractivity contribution >= 4 is 16.8 Å². The number of hydrogen-bond donors (Lipinski definition) is 2. The van der Waals surface area contributed by atoms with Gasteiger partial charge in [0.15, 0.2) is 0 Å². The molecule has 2 rings (SSSR count). The summed E-state index contributed by atoms with van der Waals surface area (Å²) >= 11 is 0. The van der Waals surface area contributed by atoms with Gasteiger partial charge in [-0.05, 0) is 13.0 Å². The van der Waals surface area contributed by atoms with Crippen molar-refractivity contribution in [3.8, 4) is 0 Å². The number of pyridine rings is 1. The molecule has 0 aliphatic heterocycles. The van der Waals surface area contributed by atoms with Crippen LogP contribution in [0.3, 0.4) is 0 Å². The summed E-state index contributed by atoms with van der Waals surface area (Å²) < 4.78 is 4.97. The molecule has 0 bridgehead atoms. The quantitative estimate of drug-likeness (QED) is 0.870. The van der Waals surface area contributed by atoms with Crippen molar-refractivity contribution in [3.63, 3.8) is 0 Å². The molecule has 0 spiro atoms. The van der Waals surface area contributed by atoms with Gasteiger partial charge in [0.05, 0.1) is 12.2 Å². The van der Waals surface area contributed by atoms with E-state index in [4.69, 9.17) is 4.74 Å². The summed E-state index contributed by atoms with van der Waals surface area (Å²) in [5.41, 5.74) is 0.741. The molecule has 19 heavy (non-hydrogen) atoms. The van der Waals surface area contributed by atoms with E-state index in [0.29, 0.717) is 17.7 Å². The molecule has 0 unspecified atom stereocenters. The Morgan fingerprint density at radius 3 is 2.89 bits per heavy atom. The summed E-state index contributed by atoms with van der Waals surface area (Å²) in [6.07, 6.45) is 0. The highest BCUT2D eigenvalue weighted by Gasteiger charge is 2.13. The van der Waals surface area contributed by atoms with Gasteiger partial charge in [0.2, 0.25) is 5.56 Å². The van der Waals surface area contributed by atoms with E-state index >= 15 is 0 Å². The second-order valence-electron chi connectivity index (χ2n) is 4.42. The lowest BCUT2D eigenvalue weighted by Gasteiger charge is -2.13. The number of fused-ring (bicyclic) bond motifs is 1. The molecule has 1 aromatic heterocycles. The number of nitrogens with one attached hydrogen (secondary N) is 2. The maximum Gasteiger partial charge on any atom is 0.252 e. The zero-order valence-electron chi connectivity index (χ0n) is 10.9. The minimum Gasteiger partial charge on any atom is -0.383 e. The van der Waals surface area contributed by atoms with Crippen LogP contribution in [0.5, 0.6) is 0 Å². The lowest BCUT2D eigenvalue weighted by atomic mass is 10.1. The zero-order chi connectivity index (χ0) is 13.8. The van der Waals surface area contributed by atoms with Gasteiger partial charge >= 0.3 is 0 Å². The van der Waals surface area contributed by atoms with Gasteiger partial charge in [0.25, 0.3) is 5.91 Å². The second-order valence-corrected chi connectivity index (χ2v) is 4.42. The Balaban J connectivity index is 2.39. The Hall–Kier alpha value is -2.14. The van der Waals surface area contributed by atoms with Crippen LogP contribution in [-0.2, 0) is 4.74 Å². The highest BCUT2D eigenvalue weighted by atomic mass is 16.5. The zero-order valence-corrected chi connectivity index (χ0v) is 10.9. The van der Waals surface area contributed by atoms with Crippen molar-refractivity contribution in [2.45, 2.75) is 13.0 Å². The third-order valence-corrected chi connectivity index (χ3v) is 2.79. The molecule has 1 aromatic carbocycles. The van der Waals surface area contributed by atoms with Gasteiger partial charge in [0.1, 0.15) is 0 Å². The predicted octanol–water partition coefficient (Wildman–Crippen LogP) is 1.29. The van der Waals surface area contributed by atoms with Gasteiger partial charge in [0, 0.05) is 30.1 Å². The number of carbonyl (C=O) groups is 1. The minimum absolute atomic E-state index is 0.115. The number of methoxy groups -OCH3 is 1. The number of aromatic nitrogens is 1. The number of aromatic amines is 1. The fraction of sp³-hybridized carbons (Fsp3) is 0.286. The summed E-state index contributed by atoms with van der Waals surface area (Å²) in [4.78, 5) is 26.4. The lowest BCUT2D eigenvalue weighted by Crippen LogP contribution is -2.36. The van der Waals surface area contributed by atoms with E-state index in [1.807, 2.05) is 19.1 Å². The van der Waals surface area contributed by atoms with Crippen molar-refractivity contribution in [3.05, 3.63) is 46.2 Å². The molecule has 0 fully saturated rings. The largest absolute Gasteiger partial charge is 0.383 e. The topological polar surface area (TPSA) is 71.2 Å². The molecule has 0 aliphatic carbocycles. The molecular weight excluding hydrogens is 244 g/mol. The third kappa shape index (κ3) is 3.00. The van der Waals surface area contributed by atoms with Crippen molar-refractivity contribution < 1.29 is 9.53 Å². The fourth-order valence-electron chi connectivity index (χ4n) is 1.99. The normalized spacial score (nSPS) is 12.3. The minimum atomic E-state index is -0.289. The molecule has 1 amide bonds. The maximum absolute atomic E-state index is 12.2. The maximum atomic E-state index is 12.2. The Kier molecular flexibility index (Phi) is 3.97. The van der Waals surface area contributed by atoms with Crippen LogP contribution in [0.2, 0.25) is 0 Å². The number of carbonyl (C=O) groups excluding carboxylic acids is 1. The Bertz CT molecular complexity index is 648. The summed E-state index contributed by atoms with van der Waals surface area (Å²) in [5, 5.41) is 3.53. The molecule has 2 aromatic rings. The van der Waals surface area contributed by atoms with E-state index < -0.39 is 0 Å². The smallest absolute Gasteiger partial charge is 0.252 e. The monoisotopic (exact) mass is 260 g/mol. The van der Waals surface area contributed by atoms with E-state index in [1.165, 1.54) is 6.07 Å². The summed E-state index contributed by atoms with van der Waals surface area (Å²) in [6, 6.07) is 8.42. The molecule has 0 radical (unpaired) electrons. The van der Waals surface area contributed by atoms with Crippen molar-refractivity contribution in [1.82, 2.24) is 10.3 Å². The first kappa shape index (κ1) is 13.3. The van der Waals surface area contributed by atoms with E-state index in [1.54, 1.807) is 19.2 Å². The number of rotatable bonds is 4. The first-order valence-electron chi connectivity index (χ1n) is 6.03. The van der Waals surface area contributed by atoms with Crippen molar-refractivity contribution in [2.75, 3.05) is 13.7 Å². The van der Waals surface area contributed by atoms with Crippen LogP contribution in [0, 0.1) is 0 Å². The van der Waals surface area contributed by atoms with Crippen molar-refractivity contribution in [1.29, 1.82) is 0 Å². The van der Waals surface area contributed by atoms with E-state index in [-0.39, 0.29) is 17.5 Å². The molecule has 5 heteroatoms. The van der Waals surface area contributed by atoms with Gasteiger partial charge in [-0.2, -0.15) is 0 Å². The number of para-hydroxylation sites is 1. The molecule has 100 valence electrons. The second kappa shape index (κ2) is 5.67. The van der Waals surface area contributed by atoms with Crippen LogP contribution in [0.4, 0.5) is 0 Å². The lowest BCUT2D eigenvalue weighted by molar-refractivity contribution is 0.0907. The van der Waals surface area contributed by atoms with Gasteiger partial charge in [-0.1, -0.05) is 18.2 Å². The molecule has 1 atom stereocenters. The van der Waals surface area contributed by atoms with Crippen molar-refractivity contribution in [2.24, 2.45) is 0 Å². The Labute approximate surface area is 110 Å². The van der Waals surface area contributed by atoms with Gasteiger partial charge in [-0.3, -0.25) is 9.59 Å². The molecule has 0 saturated heterocycles. The van der Waals surface area contributed by atoms with E-state index in [2.05, 4.69) is 10.3 Å². The highest BCUT2D eigenvalue weighted by molar-refractivity contribution is 6.06. The van der Waals surface area contributed by atoms with E-state index in [0.717, 1.165) is 5.39 Å². The van der Waals surface area contributed by atoms with Crippen LogP contribution in [0.25, 0.3) is 10.9 Å². The predicted molar refractivity (Wildman–Crippen MR) is 73.4 cm³/mol. The molecule has 0 aliphatic rings. The standard InChI is InChI=1S/C14H16N2O3/c1-9(8-19-2)15-14(18)11-7-13(17)16-12-6-4-3-5-10(11)12/h3-7,9H,8H2,1-2H3,(H,15,18)(H,16,17)/t9-/m0/s1. The highest BCUT2D eigenvalue weighted by Crippen LogP contribution is 2.14. The fourth-order valence-corrected chi connectivity index (χ4v) is 1.99. The first-order chi connectivity index (χ1) is 9.11. The summed E-state index contributed by atoms with van der Waals surface area (Å²) in [5.74, 6) is -0.271. The number of amides is 1. The SMILES string of the molecule is COC[C@H](C)NC(=O)c1cc(=O)[nH]c2ccccc12. The third-order valence-electron chi connectivity index (χ3n) is 2.79. The number of benzene rings is 1. The summed E-state index contributed by atoms with van der Waals surface area (Å²) in [6.45, 7) is 2.27. The Morgan fingerprint density at radius 1 is 1.42 bits per heavy atom. The summed E-state index contributed by atoms with van der Waals surface area (Å²) in [7, 11) is 1.57. The average Bonchev–Trinajstić information content (AvgIpc) is 2.37. The van der Waals surface area contributed by atoms with Crippen LogP contribution >= 0.6 is 0 Å². The average molecular weight is 260 g/mol. The molecule has 5 nitrogen and oxygen atoms in total. The van der Waals surface area contributed by atoms with Crippen LogP contribution in [0.15, 0.2) is 35.1 Å². The van der Waals surface area contributed by atoms with Gasteiger partial charge < -0.3 is 15.0 Å². The van der Waals surface area contributed by atoms with Crippen LogP contribution < -0.4 is 10.9 Å². The molecule has 0 saturated carbocycles. The first-order valence-corrected chi connectivity index (χ1v) is 6.03. The Morgan fingerprint density at radius 2 is 2.16 bits per heavy atom. The number of hydrogen-bond acceptors (Lipinski definition) is 3. The van der Waals surface area contributed by atoms with Crippen LogP contribution in [0.1, 0.15) is 17.3 Å². The van der Waals surface area contributed by atoms with Gasteiger partial charge in [-0.15, -0.1) is 0 Å². The van der Waals surface area contributed by atoms with E-state index in [9.17, 15) is 9.59 Å². The number of ether oxygens (including phenoxy) is 1. The van der Waals surface area contributed by atoms with Gasteiger partial charge in [-0.25, -0.2) is 0 Å². The molecular formula is C14H16N2O3. The molecule has 2 N–H and O–H groups in total. The molecule has 1 heterocycles. The number of H-pyrrole nitrogens is 1.